The van der Waals surface area contributed by atoms with E-state index in [-0.39, 0.29) is 109 Å². The monoisotopic (exact) mass is 644 g/mol. The molecule has 2 N–H and O–H groups in total. The van der Waals surface area contributed by atoms with Gasteiger partial charge in [-0.25, -0.2) is 0 Å². The Balaban J connectivity index is -0.0000000177. The summed E-state index contributed by atoms with van der Waals surface area (Å²) in [7, 11) is 9.78. The normalized spacial score (nSPS) is 6.57. The van der Waals surface area contributed by atoms with Gasteiger partial charge in [-0.15, -0.1) is 0 Å². The van der Waals surface area contributed by atoms with Crippen molar-refractivity contribution >= 4 is 30.4 Å². The first-order valence-corrected chi connectivity index (χ1v) is 11.7. The summed E-state index contributed by atoms with van der Waals surface area (Å²) < 4.78 is 0. The number of hydrogen-bond acceptors (Lipinski definition) is 2. The zero-order chi connectivity index (χ0) is 19.8. The molecule has 0 rings (SSSR count). The van der Waals surface area contributed by atoms with Crippen molar-refractivity contribution in [2.45, 2.75) is 81.1 Å². The molecule has 2 amide bonds. The van der Waals surface area contributed by atoms with Crippen molar-refractivity contribution in [3.8, 4) is 0 Å². The van der Waals surface area contributed by atoms with Crippen LogP contribution in [-0.4, -0.2) is 11.8 Å². The quantitative estimate of drug-likeness (QED) is 0.237. The molecule has 0 atom stereocenters. The molecule has 0 heterocycles. The molecule has 0 aromatic rings. The largest absolute Gasteiger partial charge is 2.00 e. The van der Waals surface area contributed by atoms with E-state index < -0.39 is 28.8 Å². The second kappa shape index (κ2) is 63.2. The van der Waals surface area contributed by atoms with E-state index in [2.05, 4.69) is 41.5 Å². The Labute approximate surface area is 266 Å². The summed E-state index contributed by atoms with van der Waals surface area (Å²) >= 11 is -0.556. The topological polar surface area (TPSA) is 81.7 Å². The molecule has 0 aliphatic carbocycles. The summed E-state index contributed by atoms with van der Waals surface area (Å²) in [4.78, 5) is 19.4. The van der Waals surface area contributed by atoms with Crippen molar-refractivity contribution in [3.05, 3.63) is 23.3 Å². The van der Waals surface area contributed by atoms with Gasteiger partial charge in [0.1, 0.15) is 0 Å². The molecule has 28 heavy (non-hydrogen) atoms. The fraction of sp³-hybridized carbons (Fsp3) is 0.750. The average molecular weight is 645 g/mol. The van der Waals surface area contributed by atoms with Gasteiger partial charge in [-0.3, -0.25) is 0 Å². The van der Waals surface area contributed by atoms with E-state index in [1.807, 2.05) is 13.8 Å². The summed E-state index contributed by atoms with van der Waals surface area (Å²) in [5.41, 5.74) is 12.7. The Morgan fingerprint density at radius 1 is 0.714 bits per heavy atom. The van der Waals surface area contributed by atoms with E-state index in [0.717, 1.165) is 12.8 Å². The molecule has 0 fully saturated rings. The zero-order valence-corrected chi connectivity index (χ0v) is 29.3. The molecular formula is C16H34Cl2N2O2Ti6-2. The van der Waals surface area contributed by atoms with Crippen molar-refractivity contribution in [1.29, 1.82) is 0 Å². The van der Waals surface area contributed by atoms with Crippen LogP contribution in [0.2, 0.25) is 0 Å². The minimum atomic E-state index is -0.556. The Bertz CT molecular complexity index is 218. The van der Waals surface area contributed by atoms with Crippen LogP contribution in [0.15, 0.2) is 0 Å². The van der Waals surface area contributed by atoms with Crippen molar-refractivity contribution in [3.63, 3.8) is 0 Å². The third kappa shape index (κ3) is 257. The van der Waals surface area contributed by atoms with Crippen LogP contribution in [0.5, 0.6) is 0 Å². The minimum Gasteiger partial charge on any atom is 0 e. The number of carbonyl (C=O) groups excluding carboxylic acids is 2. The van der Waals surface area contributed by atoms with Crippen LogP contribution in [0.3, 0.4) is 0 Å². The first kappa shape index (κ1) is 63.5. The number of nitrogens with one attached hydrogen (secondary N) is 2. The number of rotatable bonds is 4. The SMILES string of the molecule is CCCC([NH-])=O.CCCC([NH-])=O.C[C-](C)C.C[C-](C)C.[Cl][Ti][Cl].[Ti+2].[Ti].[Ti].[Ti].[Ti]. The van der Waals surface area contributed by atoms with Crippen LogP contribution in [0.4, 0.5) is 0 Å². The molecule has 0 aromatic heterocycles. The first-order valence-electron chi connectivity index (χ1n) is 7.41. The second-order valence-corrected chi connectivity index (χ2v) is 8.00. The molecule has 0 aliphatic heterocycles. The van der Waals surface area contributed by atoms with Crippen LogP contribution in [0.25, 0.3) is 11.5 Å². The van der Waals surface area contributed by atoms with Crippen LogP contribution < -0.4 is 0 Å². The Morgan fingerprint density at radius 3 is 0.821 bits per heavy atom. The molecule has 0 spiro atoms. The summed E-state index contributed by atoms with van der Waals surface area (Å²) in [6.07, 6.45) is 2.39. The summed E-state index contributed by atoms with van der Waals surface area (Å²) in [5.74, 6) is 1.91. The van der Waals surface area contributed by atoms with E-state index in [1.165, 1.54) is 11.8 Å². The van der Waals surface area contributed by atoms with Gasteiger partial charge in [0.15, 0.2) is 0 Å². The number of amides is 2. The van der Waals surface area contributed by atoms with Crippen molar-refractivity contribution in [2.24, 2.45) is 0 Å². The van der Waals surface area contributed by atoms with Gasteiger partial charge in [0, 0.05) is 98.7 Å². The molecule has 0 unspecified atom stereocenters. The Morgan fingerprint density at radius 2 is 0.821 bits per heavy atom. The maximum absolute atomic E-state index is 9.71. The fourth-order valence-electron chi connectivity index (χ4n) is 0.454. The molecular weight excluding hydrogens is 610 g/mol. The molecule has 0 bridgehead atoms. The predicted octanol–water partition coefficient (Wildman–Crippen LogP) is 7.34. The molecule has 0 aromatic carbocycles. The van der Waals surface area contributed by atoms with Crippen LogP contribution in [0, 0.1) is 11.8 Å². The number of hydrogen-bond donors (Lipinski definition) is 0. The molecule has 0 radical (unpaired) electrons. The molecule has 4 nitrogen and oxygen atoms in total. The number of halogens is 2. The predicted molar refractivity (Wildman–Crippen MR) is 101 cm³/mol. The van der Waals surface area contributed by atoms with Gasteiger partial charge in [0.25, 0.3) is 0 Å². The zero-order valence-electron chi connectivity index (χ0n) is 18.4. The fourth-order valence-corrected chi connectivity index (χ4v) is 0.454. The van der Waals surface area contributed by atoms with E-state index >= 15 is 0 Å². The van der Waals surface area contributed by atoms with Gasteiger partial charge in [-0.1, -0.05) is 26.7 Å². The Hall–Kier alpha value is 3.81. The van der Waals surface area contributed by atoms with Crippen molar-refractivity contribution < 1.29 is 135 Å². The maximum atomic E-state index is 9.71. The third-order valence-electron chi connectivity index (χ3n) is 0.954. The van der Waals surface area contributed by atoms with Gasteiger partial charge >= 0.3 is 57.4 Å². The summed E-state index contributed by atoms with van der Waals surface area (Å²) in [6, 6.07) is 0. The smallest absolute Gasteiger partial charge is 0 e. The third-order valence-corrected chi connectivity index (χ3v) is 0.954. The molecule has 0 saturated carbocycles. The van der Waals surface area contributed by atoms with E-state index in [1.54, 1.807) is 0 Å². The van der Waals surface area contributed by atoms with Gasteiger partial charge in [-0.05, 0) is 12.8 Å². The van der Waals surface area contributed by atoms with Crippen molar-refractivity contribution in [1.82, 2.24) is 0 Å². The summed E-state index contributed by atoms with van der Waals surface area (Å²) in [6.45, 7) is 16.3. The standard InChI is InChI=1S/2C4H9NO.2C4H9.2ClH.6Ti/c2*1-2-3-4(5)6;2*1-4(2)3;;;;;;;;/h2*2-3H2,1H3,(H2,5,6);2*1-3H3;2*1H;;;;;;/q;;2*-1;;;;;;;2*+2/p-4. The molecule has 0 saturated heterocycles. The summed E-state index contributed by atoms with van der Waals surface area (Å²) in [5, 5.41) is 0. The van der Waals surface area contributed by atoms with Crippen LogP contribution >= 0.6 is 18.6 Å². The Kier molecular flexibility index (Phi) is 143. The number of carbonyl (C=O) groups is 2. The average Bonchev–Trinajstić information content (AvgIpc) is 2.28. The molecule has 0 aliphatic rings. The van der Waals surface area contributed by atoms with Gasteiger partial charge in [0.05, 0.1) is 0 Å². The maximum Gasteiger partial charge on any atom is 2.00 e. The van der Waals surface area contributed by atoms with Gasteiger partial charge in [-0.2, -0.15) is 41.5 Å². The van der Waals surface area contributed by atoms with Gasteiger partial charge < -0.3 is 32.9 Å². The van der Waals surface area contributed by atoms with E-state index in [4.69, 9.17) is 30.1 Å². The molecule has 12 heteroatoms. The minimum absolute atomic E-state index is 0. The first-order chi connectivity index (χ1) is 10.4. The van der Waals surface area contributed by atoms with E-state index in [9.17, 15) is 9.59 Å². The van der Waals surface area contributed by atoms with Crippen LogP contribution in [-0.2, 0) is 135 Å². The second-order valence-electron chi connectivity index (χ2n) is 5.42. The van der Waals surface area contributed by atoms with Crippen LogP contribution in [0.1, 0.15) is 81.1 Å². The van der Waals surface area contributed by atoms with Crippen molar-refractivity contribution in [2.75, 3.05) is 0 Å². The van der Waals surface area contributed by atoms with E-state index in [0.29, 0.717) is 12.8 Å². The molecule has 160 valence electrons. The van der Waals surface area contributed by atoms with Gasteiger partial charge in [0.2, 0.25) is 0 Å².